The molecule has 0 spiro atoms. The van der Waals surface area contributed by atoms with Crippen molar-refractivity contribution in [1.29, 1.82) is 0 Å². The molecule has 6 nitrogen and oxygen atoms in total. The van der Waals surface area contributed by atoms with Gasteiger partial charge in [-0.2, -0.15) is 0 Å². The largest absolute Gasteiger partial charge is 0.478 e. The summed E-state index contributed by atoms with van der Waals surface area (Å²) >= 11 is 0. The van der Waals surface area contributed by atoms with Crippen LogP contribution in [0.4, 0.5) is 0 Å². The average Bonchev–Trinajstić information content (AvgIpc) is 2.65. The summed E-state index contributed by atoms with van der Waals surface area (Å²) < 4.78 is 0. The molecule has 3 aromatic rings. The summed E-state index contributed by atoms with van der Waals surface area (Å²) in [5.41, 5.74) is 12.2. The lowest BCUT2D eigenvalue weighted by molar-refractivity contribution is -0.424. The third kappa shape index (κ3) is 3.88. The summed E-state index contributed by atoms with van der Waals surface area (Å²) in [6, 6.07) is 17.7. The molecule has 0 saturated carbocycles. The fourth-order valence-corrected chi connectivity index (χ4v) is 2.69. The van der Waals surface area contributed by atoms with Crippen molar-refractivity contribution >= 4 is 22.6 Å². The van der Waals surface area contributed by atoms with Gasteiger partial charge in [0.15, 0.2) is 6.17 Å². The van der Waals surface area contributed by atoms with Crippen molar-refractivity contribution < 1.29 is 20.4 Å². The van der Waals surface area contributed by atoms with Gasteiger partial charge >= 0.3 is 5.97 Å². The van der Waals surface area contributed by atoms with Crippen LogP contribution in [0.1, 0.15) is 38.0 Å². The summed E-state index contributed by atoms with van der Waals surface area (Å²) in [6.45, 7) is 0.325. The predicted octanol–water partition coefficient (Wildman–Crippen LogP) is 1.67. The van der Waals surface area contributed by atoms with E-state index in [4.69, 9.17) is 10.8 Å². The van der Waals surface area contributed by atoms with Crippen LogP contribution in [0, 0.1) is 0 Å². The Morgan fingerprint density at radius 1 is 0.962 bits per heavy atom. The van der Waals surface area contributed by atoms with Crippen LogP contribution in [-0.2, 0) is 6.54 Å². The lowest BCUT2D eigenvalue weighted by atomic mass is 10.0. The molecule has 26 heavy (non-hydrogen) atoms. The zero-order chi connectivity index (χ0) is 18.7. The number of quaternary nitrogens is 1. The standard InChI is InChI=1S/C20H19N3O3/c21-18(22)16-7-5-15-10-17(8-6-14(15)9-16)19(24)23-11-12-1-3-13(4-2-12)20(25)26/h1-10,18H,11,21-22H2,(H,23,24)(H,25,26)/p+1. The molecule has 0 saturated heterocycles. The molecule has 3 rings (SSSR count). The Hall–Kier alpha value is -3.22. The van der Waals surface area contributed by atoms with E-state index in [2.05, 4.69) is 11.1 Å². The maximum atomic E-state index is 12.4. The first-order chi connectivity index (χ1) is 12.4. The quantitative estimate of drug-likeness (QED) is 0.523. The maximum absolute atomic E-state index is 12.4. The van der Waals surface area contributed by atoms with Crippen LogP contribution in [0.2, 0.25) is 0 Å². The van der Waals surface area contributed by atoms with Gasteiger partial charge in [-0.3, -0.25) is 10.5 Å². The molecular formula is C20H20N3O3+. The Balaban J connectivity index is 1.71. The summed E-state index contributed by atoms with van der Waals surface area (Å²) in [7, 11) is 0. The third-order valence-electron chi connectivity index (χ3n) is 4.21. The van der Waals surface area contributed by atoms with E-state index in [-0.39, 0.29) is 17.6 Å². The van der Waals surface area contributed by atoms with Crippen LogP contribution < -0.4 is 16.8 Å². The van der Waals surface area contributed by atoms with Crippen LogP contribution >= 0.6 is 0 Å². The van der Waals surface area contributed by atoms with Crippen molar-refractivity contribution in [1.82, 2.24) is 5.32 Å². The highest BCUT2D eigenvalue weighted by atomic mass is 16.4. The molecule has 0 fully saturated rings. The van der Waals surface area contributed by atoms with Crippen molar-refractivity contribution in [2.45, 2.75) is 12.7 Å². The van der Waals surface area contributed by atoms with E-state index in [0.29, 0.717) is 12.1 Å². The number of rotatable bonds is 5. The number of nitrogens with two attached hydrogens (primary N) is 1. The van der Waals surface area contributed by atoms with Gasteiger partial charge in [0.2, 0.25) is 0 Å². The first-order valence-electron chi connectivity index (χ1n) is 8.17. The average molecular weight is 350 g/mol. The number of amides is 1. The van der Waals surface area contributed by atoms with Gasteiger partial charge in [-0.15, -0.1) is 0 Å². The van der Waals surface area contributed by atoms with Gasteiger partial charge in [0.05, 0.1) is 5.56 Å². The van der Waals surface area contributed by atoms with E-state index in [0.717, 1.165) is 21.9 Å². The first-order valence-corrected chi connectivity index (χ1v) is 8.17. The zero-order valence-corrected chi connectivity index (χ0v) is 14.1. The molecule has 0 heterocycles. The molecule has 0 aromatic heterocycles. The molecule has 132 valence electrons. The molecule has 0 radical (unpaired) electrons. The lowest BCUT2D eigenvalue weighted by Gasteiger charge is -2.08. The third-order valence-corrected chi connectivity index (χ3v) is 4.21. The topological polar surface area (TPSA) is 120 Å². The SMILES string of the molecule is NC([NH3+])c1ccc2cc(C(=O)NCc3ccc(C(=O)O)cc3)ccc2c1. The Morgan fingerprint density at radius 3 is 2.23 bits per heavy atom. The van der Waals surface area contributed by atoms with Gasteiger partial charge in [-0.05, 0) is 46.7 Å². The predicted molar refractivity (Wildman–Crippen MR) is 98.3 cm³/mol. The van der Waals surface area contributed by atoms with Gasteiger partial charge in [0, 0.05) is 17.7 Å². The summed E-state index contributed by atoms with van der Waals surface area (Å²) in [4.78, 5) is 23.2. The number of fused-ring (bicyclic) bond motifs is 1. The van der Waals surface area contributed by atoms with Crippen LogP contribution in [0.15, 0.2) is 60.7 Å². The number of hydrogen-bond acceptors (Lipinski definition) is 3. The fraction of sp³-hybridized carbons (Fsp3) is 0.100. The number of carboxylic acid groups (broad SMARTS) is 1. The lowest BCUT2D eigenvalue weighted by Crippen LogP contribution is -2.58. The van der Waals surface area contributed by atoms with E-state index in [1.807, 2.05) is 30.3 Å². The molecule has 1 unspecified atom stereocenters. The highest BCUT2D eigenvalue weighted by Crippen LogP contribution is 2.19. The Bertz CT molecular complexity index is 966. The number of hydrogen-bond donors (Lipinski definition) is 4. The molecule has 6 heteroatoms. The van der Waals surface area contributed by atoms with Gasteiger partial charge in [-0.1, -0.05) is 30.3 Å². The molecule has 0 aliphatic carbocycles. The van der Waals surface area contributed by atoms with E-state index >= 15 is 0 Å². The molecule has 0 aliphatic rings. The summed E-state index contributed by atoms with van der Waals surface area (Å²) in [5.74, 6) is -1.16. The number of benzene rings is 3. The van der Waals surface area contributed by atoms with Gasteiger partial charge in [0.25, 0.3) is 5.91 Å². The maximum Gasteiger partial charge on any atom is 0.335 e. The summed E-state index contributed by atoms with van der Waals surface area (Å²) in [5, 5.41) is 13.7. The van der Waals surface area contributed by atoms with Gasteiger partial charge < -0.3 is 16.2 Å². The van der Waals surface area contributed by atoms with Crippen molar-refractivity contribution in [3.8, 4) is 0 Å². The second-order valence-corrected chi connectivity index (χ2v) is 6.11. The van der Waals surface area contributed by atoms with E-state index in [1.165, 1.54) is 12.1 Å². The molecular weight excluding hydrogens is 330 g/mol. The second kappa shape index (κ2) is 7.35. The molecule has 3 aromatic carbocycles. The molecule has 7 N–H and O–H groups in total. The zero-order valence-electron chi connectivity index (χ0n) is 14.1. The number of carbonyl (C=O) groups is 2. The Morgan fingerprint density at radius 2 is 1.58 bits per heavy atom. The van der Waals surface area contributed by atoms with Crippen molar-refractivity contribution in [3.63, 3.8) is 0 Å². The number of carbonyl (C=O) groups excluding carboxylic acids is 1. The smallest absolute Gasteiger partial charge is 0.335 e. The first kappa shape index (κ1) is 17.6. The van der Waals surface area contributed by atoms with Gasteiger partial charge in [-0.25, -0.2) is 4.79 Å². The van der Waals surface area contributed by atoms with Crippen LogP contribution in [0.25, 0.3) is 10.8 Å². The summed E-state index contributed by atoms with van der Waals surface area (Å²) in [6.07, 6.45) is -0.283. The van der Waals surface area contributed by atoms with Crippen molar-refractivity contribution in [3.05, 3.63) is 82.9 Å². The van der Waals surface area contributed by atoms with Crippen LogP contribution in [0.5, 0.6) is 0 Å². The van der Waals surface area contributed by atoms with Gasteiger partial charge in [0.1, 0.15) is 0 Å². The molecule has 0 aliphatic heterocycles. The minimum atomic E-state index is -0.972. The second-order valence-electron chi connectivity index (χ2n) is 6.11. The highest BCUT2D eigenvalue weighted by molar-refractivity contribution is 5.98. The number of aromatic carboxylic acids is 1. The van der Waals surface area contributed by atoms with Crippen molar-refractivity contribution in [2.24, 2.45) is 5.73 Å². The van der Waals surface area contributed by atoms with E-state index < -0.39 is 5.97 Å². The van der Waals surface area contributed by atoms with E-state index in [1.54, 1.807) is 18.2 Å². The Labute approximate surface area is 150 Å². The fourth-order valence-electron chi connectivity index (χ4n) is 2.69. The van der Waals surface area contributed by atoms with Crippen LogP contribution in [0.3, 0.4) is 0 Å². The highest BCUT2D eigenvalue weighted by Gasteiger charge is 2.09. The Kier molecular flexibility index (Phi) is 4.97. The normalized spacial score (nSPS) is 11.9. The van der Waals surface area contributed by atoms with Crippen molar-refractivity contribution in [2.75, 3.05) is 0 Å². The molecule has 0 bridgehead atoms. The number of nitrogens with one attached hydrogen (secondary N) is 1. The minimum Gasteiger partial charge on any atom is -0.478 e. The molecule has 1 atom stereocenters. The minimum absolute atomic E-state index is 0.188. The van der Waals surface area contributed by atoms with E-state index in [9.17, 15) is 9.59 Å². The number of carboxylic acids is 1. The molecule has 1 amide bonds. The van der Waals surface area contributed by atoms with Crippen LogP contribution in [-0.4, -0.2) is 17.0 Å². The monoisotopic (exact) mass is 350 g/mol.